The van der Waals surface area contributed by atoms with Gasteiger partial charge in [-0.15, -0.1) is 22.2 Å². The van der Waals surface area contributed by atoms with Crippen LogP contribution in [-0.4, -0.2) is 52.0 Å². The fraction of sp³-hybridized carbons (Fsp3) is 1.00. The van der Waals surface area contributed by atoms with E-state index < -0.39 is 48.3 Å². The quantitative estimate of drug-likeness (QED) is 0.265. The molecule has 1 rings (SSSR count). The molecule has 0 aromatic carbocycles. The van der Waals surface area contributed by atoms with Crippen LogP contribution in [0.1, 0.15) is 0 Å². The molecule has 0 spiro atoms. The molecular formula is C12H36Cl2N3PSi5. The van der Waals surface area contributed by atoms with Crippen LogP contribution in [0, 0.1) is 0 Å². The molecule has 0 saturated carbocycles. The molecule has 138 valence electrons. The number of halogens is 2. The SMILES string of the molecule is C[Si](C)(C)N(P1N([Si](C)(C)C)[Si](Cl)(Cl)N1[Si](C)(C)C)[Si](C)(C)C. The predicted octanol–water partition coefficient (Wildman–Crippen LogP) is 6.39. The molecule has 3 nitrogen and oxygen atoms in total. The summed E-state index contributed by atoms with van der Waals surface area (Å²) in [6.07, 6.45) is 0. The first-order valence-electron chi connectivity index (χ1n) is 8.32. The Morgan fingerprint density at radius 2 is 0.913 bits per heavy atom. The maximum Gasteiger partial charge on any atom is 0.406 e. The van der Waals surface area contributed by atoms with Crippen LogP contribution in [-0.2, 0) is 0 Å². The Labute approximate surface area is 160 Å². The monoisotopic (exact) mass is 463 g/mol. The summed E-state index contributed by atoms with van der Waals surface area (Å²) in [7, 11) is -9.06. The van der Waals surface area contributed by atoms with Crippen molar-refractivity contribution in [3.05, 3.63) is 0 Å². The van der Waals surface area contributed by atoms with E-state index in [1.54, 1.807) is 0 Å². The highest BCUT2D eigenvalue weighted by Gasteiger charge is 2.70. The highest BCUT2D eigenvalue weighted by Crippen LogP contribution is 2.71. The van der Waals surface area contributed by atoms with Crippen LogP contribution in [0.4, 0.5) is 0 Å². The molecule has 1 saturated heterocycles. The minimum absolute atomic E-state index is 0.484. The molecule has 1 fully saturated rings. The smallest absolute Gasteiger partial charge is 0.302 e. The molecule has 1 aliphatic heterocycles. The molecule has 11 heteroatoms. The fourth-order valence-corrected chi connectivity index (χ4v) is 48.0. The summed E-state index contributed by atoms with van der Waals surface area (Å²) in [6.45, 7) is 29.4. The van der Waals surface area contributed by atoms with Crippen LogP contribution < -0.4 is 0 Å². The van der Waals surface area contributed by atoms with Crippen LogP contribution in [0.5, 0.6) is 0 Å². The van der Waals surface area contributed by atoms with E-state index >= 15 is 0 Å². The van der Waals surface area contributed by atoms with E-state index in [-0.39, 0.29) is 0 Å². The van der Waals surface area contributed by atoms with Gasteiger partial charge >= 0.3 is 7.02 Å². The Morgan fingerprint density at radius 3 is 1.09 bits per heavy atom. The summed E-state index contributed by atoms with van der Waals surface area (Å²) in [4.78, 5) is 0. The second-order valence-electron chi connectivity index (χ2n) is 10.4. The molecule has 0 amide bonds. The average molecular weight is 465 g/mol. The number of rotatable bonds is 5. The van der Waals surface area contributed by atoms with Gasteiger partial charge < -0.3 is 4.00 Å². The highest BCUT2D eigenvalue weighted by atomic mass is 35.7. The van der Waals surface area contributed by atoms with E-state index in [2.05, 4.69) is 90.6 Å². The van der Waals surface area contributed by atoms with Crippen molar-refractivity contribution >= 4 is 70.5 Å². The Hall–Kier alpha value is 1.97. The van der Waals surface area contributed by atoms with Gasteiger partial charge in [-0.25, -0.2) is 0 Å². The van der Waals surface area contributed by atoms with E-state index in [4.69, 9.17) is 22.2 Å². The maximum absolute atomic E-state index is 7.09. The lowest BCUT2D eigenvalue weighted by molar-refractivity contribution is 0.693. The normalized spacial score (nSPS) is 22.6. The van der Waals surface area contributed by atoms with Crippen molar-refractivity contribution in [3.8, 4) is 0 Å². The molecule has 0 aliphatic carbocycles. The average Bonchev–Trinajstić information content (AvgIpc) is 2.03. The lowest BCUT2D eigenvalue weighted by Gasteiger charge is -2.71. The van der Waals surface area contributed by atoms with Crippen LogP contribution in [0.3, 0.4) is 0 Å². The first-order valence-corrected chi connectivity index (χ1v) is 27.2. The Bertz CT molecular complexity index is 416. The second kappa shape index (κ2) is 6.54. The first kappa shape index (κ1) is 23.0. The fourth-order valence-electron chi connectivity index (χ4n) is 3.42. The van der Waals surface area contributed by atoms with E-state index in [9.17, 15) is 0 Å². The molecule has 0 aromatic heterocycles. The summed E-state index contributed by atoms with van der Waals surface area (Å²) >= 11 is 14.2. The van der Waals surface area contributed by atoms with Crippen LogP contribution >= 0.6 is 30.5 Å². The van der Waals surface area contributed by atoms with Gasteiger partial charge in [0.1, 0.15) is 32.9 Å². The third kappa shape index (κ3) is 4.64. The Morgan fingerprint density at radius 1 is 0.652 bits per heavy atom. The van der Waals surface area contributed by atoms with E-state index in [1.807, 2.05) is 0 Å². The molecule has 0 atom stereocenters. The number of hydrogen-bond donors (Lipinski definition) is 0. The third-order valence-corrected chi connectivity index (χ3v) is 38.1. The van der Waals surface area contributed by atoms with Crippen molar-refractivity contribution in [1.82, 2.24) is 12.0 Å². The molecule has 1 heterocycles. The molecule has 0 bridgehead atoms. The van der Waals surface area contributed by atoms with E-state index in [0.29, 0.717) is 0 Å². The first-order chi connectivity index (χ1) is 9.73. The van der Waals surface area contributed by atoms with Crippen LogP contribution in [0.15, 0.2) is 0 Å². The van der Waals surface area contributed by atoms with Crippen molar-refractivity contribution in [2.24, 2.45) is 0 Å². The molecule has 0 aromatic rings. The molecule has 0 radical (unpaired) electrons. The number of nitrogens with zero attached hydrogens (tertiary/aromatic N) is 3. The molecule has 1 aliphatic rings. The Balaban J connectivity index is 3.52. The molecule has 0 unspecified atom stereocenters. The lowest BCUT2D eigenvalue weighted by atomic mass is 11.8. The highest BCUT2D eigenvalue weighted by molar-refractivity contribution is 7.78. The van der Waals surface area contributed by atoms with Crippen molar-refractivity contribution in [1.29, 1.82) is 0 Å². The zero-order valence-corrected chi connectivity index (χ0v) is 24.5. The topological polar surface area (TPSA) is 9.72 Å². The van der Waals surface area contributed by atoms with Crippen molar-refractivity contribution in [2.45, 2.75) is 78.6 Å². The van der Waals surface area contributed by atoms with Gasteiger partial charge in [0.25, 0.3) is 0 Å². The van der Waals surface area contributed by atoms with Gasteiger partial charge in [0.15, 0.2) is 0 Å². The van der Waals surface area contributed by atoms with Crippen LogP contribution in [0.25, 0.3) is 0 Å². The summed E-state index contributed by atoms with van der Waals surface area (Å²) in [5.74, 6) is 0. The maximum atomic E-state index is 7.09. The minimum atomic E-state index is -2.50. The Kier molecular flexibility index (Phi) is 6.55. The van der Waals surface area contributed by atoms with Crippen molar-refractivity contribution in [3.63, 3.8) is 0 Å². The van der Waals surface area contributed by atoms with E-state index in [0.717, 1.165) is 0 Å². The second-order valence-corrected chi connectivity index (χ2v) is 40.5. The van der Waals surface area contributed by atoms with Gasteiger partial charge in [-0.2, -0.15) is 0 Å². The lowest BCUT2D eigenvalue weighted by Crippen LogP contribution is -2.81. The molecule has 23 heavy (non-hydrogen) atoms. The predicted molar refractivity (Wildman–Crippen MR) is 123 cm³/mol. The standard InChI is InChI=1S/C12H36Cl2N3PSi5/c1-19(2,3)15(20(4,5)6)18-16(21(7,8)9)23(13,14)17(18)22(10,11)12/h1-12H3. The summed E-state index contributed by atoms with van der Waals surface area (Å²) in [6, 6.07) is 0. The van der Waals surface area contributed by atoms with Gasteiger partial charge in [-0.05, 0) is 0 Å². The summed E-state index contributed by atoms with van der Waals surface area (Å²) < 4.78 is 8.28. The zero-order valence-electron chi connectivity index (χ0n) is 17.0. The van der Waals surface area contributed by atoms with Crippen LogP contribution in [0.2, 0.25) is 78.6 Å². The molecular weight excluding hydrogens is 428 g/mol. The van der Waals surface area contributed by atoms with Crippen molar-refractivity contribution < 1.29 is 0 Å². The van der Waals surface area contributed by atoms with Gasteiger partial charge in [-0.1, -0.05) is 78.6 Å². The summed E-state index contributed by atoms with van der Waals surface area (Å²) in [5, 5.41) is 0. The zero-order chi connectivity index (χ0) is 18.8. The third-order valence-electron chi connectivity index (χ3n) is 3.59. The van der Waals surface area contributed by atoms with E-state index in [1.165, 1.54) is 0 Å². The largest absolute Gasteiger partial charge is 0.406 e. The minimum Gasteiger partial charge on any atom is -0.302 e. The van der Waals surface area contributed by atoms with Gasteiger partial charge in [-0.3, -0.25) is 8.00 Å². The number of hydrogen-bond acceptors (Lipinski definition) is 3. The summed E-state index contributed by atoms with van der Waals surface area (Å²) in [5.41, 5.74) is 0. The van der Waals surface area contributed by atoms with Gasteiger partial charge in [0, 0.05) is 0 Å². The van der Waals surface area contributed by atoms with Crippen molar-refractivity contribution in [2.75, 3.05) is 0 Å². The van der Waals surface area contributed by atoms with Gasteiger partial charge in [0.2, 0.25) is 0 Å². The van der Waals surface area contributed by atoms with Gasteiger partial charge in [0.05, 0.1) is 8.37 Å². The molecule has 0 N–H and O–H groups in total.